The summed E-state index contributed by atoms with van der Waals surface area (Å²) in [6.07, 6.45) is 4.10. The largest absolute Gasteiger partial charge is 0.313 e. The Balaban J connectivity index is 2.39. The highest BCUT2D eigenvalue weighted by Crippen LogP contribution is 2.50. The standard InChI is InChI=1S/C11H23N/c1-5-8-12-10(9(2)3)11(4)6-7-11/h9-10,12H,5-8H2,1-4H3. The highest BCUT2D eigenvalue weighted by molar-refractivity contribution is 4.99. The third-order valence-corrected chi connectivity index (χ3v) is 3.07. The average Bonchev–Trinajstić information content (AvgIpc) is 2.69. The molecule has 0 bridgehead atoms. The summed E-state index contributed by atoms with van der Waals surface area (Å²) in [5.41, 5.74) is 0.628. The van der Waals surface area contributed by atoms with Crippen LogP contribution in [0.2, 0.25) is 0 Å². The molecular formula is C11H23N. The Hall–Kier alpha value is -0.0400. The van der Waals surface area contributed by atoms with Crippen molar-refractivity contribution < 1.29 is 0 Å². The molecule has 1 fully saturated rings. The Morgan fingerprint density at radius 2 is 1.92 bits per heavy atom. The fourth-order valence-electron chi connectivity index (χ4n) is 2.09. The van der Waals surface area contributed by atoms with Gasteiger partial charge in [-0.15, -0.1) is 0 Å². The van der Waals surface area contributed by atoms with Gasteiger partial charge >= 0.3 is 0 Å². The van der Waals surface area contributed by atoms with Crippen molar-refractivity contribution in [3.05, 3.63) is 0 Å². The van der Waals surface area contributed by atoms with Crippen LogP contribution in [0.4, 0.5) is 0 Å². The molecule has 1 heteroatoms. The predicted molar refractivity (Wildman–Crippen MR) is 54.3 cm³/mol. The molecule has 0 amide bonds. The molecule has 1 aliphatic rings. The van der Waals surface area contributed by atoms with E-state index in [9.17, 15) is 0 Å². The minimum Gasteiger partial charge on any atom is -0.313 e. The summed E-state index contributed by atoms with van der Waals surface area (Å²) in [4.78, 5) is 0. The van der Waals surface area contributed by atoms with Crippen molar-refractivity contribution in [1.29, 1.82) is 0 Å². The lowest BCUT2D eigenvalue weighted by Crippen LogP contribution is -2.40. The lowest BCUT2D eigenvalue weighted by atomic mass is 9.89. The van der Waals surface area contributed by atoms with Crippen LogP contribution < -0.4 is 5.32 Å². The maximum Gasteiger partial charge on any atom is 0.0144 e. The maximum absolute atomic E-state index is 3.67. The van der Waals surface area contributed by atoms with E-state index in [1.54, 1.807) is 0 Å². The van der Waals surface area contributed by atoms with E-state index in [1.165, 1.54) is 25.8 Å². The molecule has 1 atom stereocenters. The van der Waals surface area contributed by atoms with Crippen molar-refractivity contribution >= 4 is 0 Å². The Morgan fingerprint density at radius 3 is 2.25 bits per heavy atom. The summed E-state index contributed by atoms with van der Waals surface area (Å²) in [5, 5.41) is 3.67. The lowest BCUT2D eigenvalue weighted by molar-refractivity contribution is 0.281. The molecule has 0 heterocycles. The first-order valence-corrected chi connectivity index (χ1v) is 5.33. The molecule has 0 spiro atoms. The van der Waals surface area contributed by atoms with Gasteiger partial charge in [-0.1, -0.05) is 27.7 Å². The number of hydrogen-bond acceptors (Lipinski definition) is 1. The minimum atomic E-state index is 0.628. The molecule has 0 saturated heterocycles. The van der Waals surface area contributed by atoms with Gasteiger partial charge in [-0.3, -0.25) is 0 Å². The van der Waals surface area contributed by atoms with Gasteiger partial charge in [0.25, 0.3) is 0 Å². The van der Waals surface area contributed by atoms with Gasteiger partial charge in [0.1, 0.15) is 0 Å². The second kappa shape index (κ2) is 3.78. The molecule has 1 nitrogen and oxygen atoms in total. The van der Waals surface area contributed by atoms with E-state index >= 15 is 0 Å². The SMILES string of the molecule is CCCNC(C(C)C)C1(C)CC1. The van der Waals surface area contributed by atoms with E-state index in [-0.39, 0.29) is 0 Å². The van der Waals surface area contributed by atoms with E-state index in [0.717, 1.165) is 12.0 Å². The third kappa shape index (κ3) is 2.22. The molecule has 72 valence electrons. The number of hydrogen-bond donors (Lipinski definition) is 1. The van der Waals surface area contributed by atoms with Crippen molar-refractivity contribution in [3.8, 4) is 0 Å². The van der Waals surface area contributed by atoms with Crippen molar-refractivity contribution in [1.82, 2.24) is 5.32 Å². The molecule has 1 N–H and O–H groups in total. The molecule has 0 radical (unpaired) electrons. The molecule has 12 heavy (non-hydrogen) atoms. The van der Waals surface area contributed by atoms with Gasteiger partial charge < -0.3 is 5.32 Å². The van der Waals surface area contributed by atoms with Gasteiger partial charge in [0.05, 0.1) is 0 Å². The van der Waals surface area contributed by atoms with Crippen molar-refractivity contribution in [3.63, 3.8) is 0 Å². The van der Waals surface area contributed by atoms with Crippen molar-refractivity contribution in [2.24, 2.45) is 11.3 Å². The van der Waals surface area contributed by atoms with Gasteiger partial charge in [-0.2, -0.15) is 0 Å². The zero-order valence-corrected chi connectivity index (χ0v) is 8.98. The first kappa shape index (κ1) is 10.0. The van der Waals surface area contributed by atoms with E-state index in [0.29, 0.717) is 5.41 Å². The van der Waals surface area contributed by atoms with E-state index in [1.807, 2.05) is 0 Å². The molecule has 1 rings (SSSR count). The molecular weight excluding hydrogens is 146 g/mol. The van der Waals surface area contributed by atoms with Gasteiger partial charge in [0, 0.05) is 6.04 Å². The Labute approximate surface area is 76.9 Å². The summed E-state index contributed by atoms with van der Waals surface area (Å²) in [6.45, 7) is 10.5. The minimum absolute atomic E-state index is 0.628. The zero-order chi connectivity index (χ0) is 9.19. The van der Waals surface area contributed by atoms with Crippen LogP contribution in [0, 0.1) is 11.3 Å². The number of nitrogens with one attached hydrogen (secondary N) is 1. The second-order valence-electron chi connectivity index (χ2n) is 4.83. The van der Waals surface area contributed by atoms with Crippen LogP contribution in [0.15, 0.2) is 0 Å². The van der Waals surface area contributed by atoms with Crippen LogP contribution in [0.1, 0.15) is 47.0 Å². The summed E-state index contributed by atoms with van der Waals surface area (Å²) in [5.74, 6) is 0.782. The van der Waals surface area contributed by atoms with Crippen molar-refractivity contribution in [2.45, 2.75) is 53.0 Å². The molecule has 0 aromatic carbocycles. The molecule has 1 aliphatic carbocycles. The van der Waals surface area contributed by atoms with Gasteiger partial charge in [0.2, 0.25) is 0 Å². The van der Waals surface area contributed by atoms with Crippen LogP contribution in [-0.4, -0.2) is 12.6 Å². The van der Waals surface area contributed by atoms with Gasteiger partial charge in [-0.25, -0.2) is 0 Å². The van der Waals surface area contributed by atoms with Crippen LogP contribution >= 0.6 is 0 Å². The molecule has 1 saturated carbocycles. The predicted octanol–water partition coefficient (Wildman–Crippen LogP) is 2.81. The summed E-state index contributed by atoms with van der Waals surface area (Å²) >= 11 is 0. The topological polar surface area (TPSA) is 12.0 Å². The van der Waals surface area contributed by atoms with E-state index in [2.05, 4.69) is 33.0 Å². The lowest BCUT2D eigenvalue weighted by Gasteiger charge is -2.28. The summed E-state index contributed by atoms with van der Waals surface area (Å²) < 4.78 is 0. The molecule has 0 aromatic rings. The molecule has 1 unspecified atom stereocenters. The van der Waals surface area contributed by atoms with Crippen molar-refractivity contribution in [2.75, 3.05) is 6.54 Å². The first-order valence-electron chi connectivity index (χ1n) is 5.33. The Morgan fingerprint density at radius 1 is 1.33 bits per heavy atom. The highest BCUT2D eigenvalue weighted by Gasteiger charge is 2.45. The summed E-state index contributed by atoms with van der Waals surface area (Å²) in [7, 11) is 0. The van der Waals surface area contributed by atoms with Crippen LogP contribution in [0.5, 0.6) is 0 Å². The van der Waals surface area contributed by atoms with Gasteiger partial charge in [-0.05, 0) is 37.1 Å². The van der Waals surface area contributed by atoms with E-state index < -0.39 is 0 Å². The zero-order valence-electron chi connectivity index (χ0n) is 8.98. The number of rotatable bonds is 5. The van der Waals surface area contributed by atoms with Crippen LogP contribution in [0.25, 0.3) is 0 Å². The second-order valence-corrected chi connectivity index (χ2v) is 4.83. The van der Waals surface area contributed by atoms with E-state index in [4.69, 9.17) is 0 Å². The fraction of sp³-hybridized carbons (Fsp3) is 1.00. The maximum atomic E-state index is 3.67. The quantitative estimate of drug-likeness (QED) is 0.667. The smallest absolute Gasteiger partial charge is 0.0144 e. The van der Waals surface area contributed by atoms with Crippen LogP contribution in [-0.2, 0) is 0 Å². The summed E-state index contributed by atoms with van der Waals surface area (Å²) in [6, 6.07) is 0.748. The molecule has 0 aliphatic heterocycles. The monoisotopic (exact) mass is 169 g/mol. The average molecular weight is 169 g/mol. The highest BCUT2D eigenvalue weighted by atomic mass is 14.9. The Kier molecular flexibility index (Phi) is 3.16. The molecule has 0 aromatic heterocycles. The van der Waals surface area contributed by atoms with Gasteiger partial charge in [0.15, 0.2) is 0 Å². The third-order valence-electron chi connectivity index (χ3n) is 3.07. The Bertz CT molecular complexity index is 136. The first-order chi connectivity index (χ1) is 5.60. The normalized spacial score (nSPS) is 22.8. The van der Waals surface area contributed by atoms with Crippen LogP contribution in [0.3, 0.4) is 0 Å². The fourth-order valence-corrected chi connectivity index (χ4v) is 2.09.